The number of amides is 1. The number of pyridine rings is 1. The average molecular weight is 324 g/mol. The highest BCUT2D eigenvalue weighted by Gasteiger charge is 2.08. The molecule has 0 saturated heterocycles. The lowest BCUT2D eigenvalue weighted by atomic mass is 10.0. The summed E-state index contributed by atoms with van der Waals surface area (Å²) in [4.78, 5) is 18.3. The van der Waals surface area contributed by atoms with Crippen molar-refractivity contribution in [3.8, 4) is 5.75 Å². The first kappa shape index (κ1) is 17.7. The van der Waals surface area contributed by atoms with Crippen molar-refractivity contribution in [2.24, 2.45) is 0 Å². The van der Waals surface area contributed by atoms with Crippen molar-refractivity contribution in [2.75, 3.05) is 20.7 Å². The Morgan fingerprint density at radius 3 is 2.67 bits per heavy atom. The van der Waals surface area contributed by atoms with E-state index in [1.807, 2.05) is 56.4 Å². The van der Waals surface area contributed by atoms with Gasteiger partial charge in [0.2, 0.25) is 5.91 Å². The van der Waals surface area contributed by atoms with Gasteiger partial charge in [-0.1, -0.05) is 29.8 Å². The summed E-state index contributed by atoms with van der Waals surface area (Å²) in [6.07, 6.45) is 4.92. The second-order valence-electron chi connectivity index (χ2n) is 5.81. The van der Waals surface area contributed by atoms with Gasteiger partial charge in [0.05, 0.1) is 7.11 Å². The van der Waals surface area contributed by atoms with Crippen LogP contribution in [0.25, 0.3) is 0 Å². The quantitative estimate of drug-likeness (QED) is 0.734. The summed E-state index contributed by atoms with van der Waals surface area (Å²) in [5, 5.41) is 0. The van der Waals surface area contributed by atoms with Gasteiger partial charge in [0.25, 0.3) is 0 Å². The minimum atomic E-state index is 0.0123. The molecule has 2 rings (SSSR count). The third kappa shape index (κ3) is 5.23. The molecule has 0 N–H and O–H groups in total. The van der Waals surface area contributed by atoms with Gasteiger partial charge in [0.15, 0.2) is 0 Å². The topological polar surface area (TPSA) is 42.4 Å². The minimum absolute atomic E-state index is 0.0123. The highest BCUT2D eigenvalue weighted by atomic mass is 16.5. The van der Waals surface area contributed by atoms with E-state index in [2.05, 4.69) is 4.98 Å². The van der Waals surface area contributed by atoms with Crippen molar-refractivity contribution >= 4 is 5.91 Å². The van der Waals surface area contributed by atoms with Crippen LogP contribution in [0.15, 0.2) is 60.3 Å². The van der Waals surface area contributed by atoms with Crippen molar-refractivity contribution in [3.63, 3.8) is 0 Å². The maximum atomic E-state index is 12.3. The number of para-hydroxylation sites is 1. The first-order valence-corrected chi connectivity index (χ1v) is 8.04. The minimum Gasteiger partial charge on any atom is -0.496 e. The van der Waals surface area contributed by atoms with Gasteiger partial charge >= 0.3 is 0 Å². The SMILES string of the molecule is COc1ccccc1C/C(C)=C/C(=O)N(C)CCc1ccccn1. The lowest BCUT2D eigenvalue weighted by Gasteiger charge is -2.15. The van der Waals surface area contributed by atoms with E-state index in [0.29, 0.717) is 13.0 Å². The highest BCUT2D eigenvalue weighted by Crippen LogP contribution is 2.20. The number of rotatable bonds is 7. The number of carbonyl (C=O) groups is 1. The summed E-state index contributed by atoms with van der Waals surface area (Å²) >= 11 is 0. The molecule has 126 valence electrons. The molecule has 2 aromatic rings. The number of allylic oxidation sites excluding steroid dienone is 1. The normalized spacial score (nSPS) is 11.2. The summed E-state index contributed by atoms with van der Waals surface area (Å²) in [5.74, 6) is 0.861. The van der Waals surface area contributed by atoms with Gasteiger partial charge in [0, 0.05) is 38.0 Å². The molecule has 1 aromatic carbocycles. The standard InChI is InChI=1S/C20H24N2O2/c1-16(14-17-8-4-5-10-19(17)24-3)15-20(23)22(2)13-11-18-9-6-7-12-21-18/h4-10,12,15H,11,13-14H2,1-3H3/b16-15+. The Hall–Kier alpha value is -2.62. The van der Waals surface area contributed by atoms with E-state index in [1.165, 1.54) is 0 Å². The molecule has 0 aliphatic carbocycles. The fourth-order valence-electron chi connectivity index (χ4n) is 2.46. The predicted molar refractivity (Wildman–Crippen MR) is 96.0 cm³/mol. The Balaban J connectivity index is 1.92. The lowest BCUT2D eigenvalue weighted by Crippen LogP contribution is -2.27. The maximum Gasteiger partial charge on any atom is 0.246 e. The summed E-state index contributed by atoms with van der Waals surface area (Å²) in [6.45, 7) is 2.62. The third-order valence-electron chi connectivity index (χ3n) is 3.84. The van der Waals surface area contributed by atoms with Crippen LogP contribution < -0.4 is 4.74 Å². The number of ether oxygens (including phenoxy) is 1. The van der Waals surface area contributed by atoms with E-state index in [-0.39, 0.29) is 5.91 Å². The lowest BCUT2D eigenvalue weighted by molar-refractivity contribution is -0.124. The Morgan fingerprint density at radius 2 is 1.96 bits per heavy atom. The van der Waals surface area contributed by atoms with Crippen LogP contribution in [0, 0.1) is 0 Å². The molecular formula is C20H24N2O2. The van der Waals surface area contributed by atoms with Crippen molar-refractivity contribution in [3.05, 3.63) is 71.6 Å². The van der Waals surface area contributed by atoms with E-state index in [9.17, 15) is 4.79 Å². The Labute approximate surface area is 143 Å². The van der Waals surface area contributed by atoms with Gasteiger partial charge in [-0.15, -0.1) is 0 Å². The first-order chi connectivity index (χ1) is 11.6. The van der Waals surface area contributed by atoms with Gasteiger partial charge < -0.3 is 9.64 Å². The maximum absolute atomic E-state index is 12.3. The molecule has 1 heterocycles. The fraction of sp³-hybridized carbons (Fsp3) is 0.300. The zero-order chi connectivity index (χ0) is 17.4. The fourth-order valence-corrected chi connectivity index (χ4v) is 2.46. The van der Waals surface area contributed by atoms with Crippen LogP contribution in [-0.2, 0) is 17.6 Å². The Morgan fingerprint density at radius 1 is 1.21 bits per heavy atom. The first-order valence-electron chi connectivity index (χ1n) is 8.04. The van der Waals surface area contributed by atoms with Gasteiger partial charge in [-0.25, -0.2) is 0 Å². The monoisotopic (exact) mass is 324 g/mol. The van der Waals surface area contributed by atoms with Crippen molar-refractivity contribution in [1.82, 2.24) is 9.88 Å². The van der Waals surface area contributed by atoms with E-state index in [4.69, 9.17) is 4.74 Å². The van der Waals surface area contributed by atoms with Crippen LogP contribution in [-0.4, -0.2) is 36.5 Å². The number of nitrogens with zero attached hydrogens (tertiary/aromatic N) is 2. The number of likely N-dealkylation sites (N-methyl/N-ethyl adjacent to an activating group) is 1. The molecule has 0 radical (unpaired) electrons. The molecule has 0 aliphatic heterocycles. The molecule has 0 unspecified atom stereocenters. The molecule has 0 atom stereocenters. The Kier molecular flexibility index (Phi) is 6.55. The van der Waals surface area contributed by atoms with Crippen LogP contribution >= 0.6 is 0 Å². The summed E-state index contributed by atoms with van der Waals surface area (Å²) in [6, 6.07) is 13.7. The van der Waals surface area contributed by atoms with E-state index in [0.717, 1.165) is 29.0 Å². The van der Waals surface area contributed by atoms with Crippen LogP contribution in [0.5, 0.6) is 5.75 Å². The summed E-state index contributed by atoms with van der Waals surface area (Å²) in [5.41, 5.74) is 3.08. The molecular weight excluding hydrogens is 300 g/mol. The smallest absolute Gasteiger partial charge is 0.246 e. The number of methoxy groups -OCH3 is 1. The molecule has 0 spiro atoms. The largest absolute Gasteiger partial charge is 0.496 e. The predicted octanol–water partition coefficient (Wildman–Crippen LogP) is 3.28. The molecule has 1 aromatic heterocycles. The molecule has 0 saturated carbocycles. The summed E-state index contributed by atoms with van der Waals surface area (Å²) in [7, 11) is 3.48. The molecule has 0 bridgehead atoms. The van der Waals surface area contributed by atoms with Crippen molar-refractivity contribution < 1.29 is 9.53 Å². The van der Waals surface area contributed by atoms with Crippen LogP contribution in [0.3, 0.4) is 0 Å². The average Bonchev–Trinajstić information content (AvgIpc) is 2.60. The molecule has 1 amide bonds. The van der Waals surface area contributed by atoms with Crippen molar-refractivity contribution in [1.29, 1.82) is 0 Å². The number of benzene rings is 1. The van der Waals surface area contributed by atoms with Crippen LogP contribution in [0.1, 0.15) is 18.2 Å². The van der Waals surface area contributed by atoms with E-state index >= 15 is 0 Å². The van der Waals surface area contributed by atoms with Gasteiger partial charge in [0.1, 0.15) is 5.75 Å². The number of hydrogen-bond donors (Lipinski definition) is 0. The van der Waals surface area contributed by atoms with Crippen LogP contribution in [0.2, 0.25) is 0 Å². The van der Waals surface area contributed by atoms with Gasteiger partial charge in [-0.2, -0.15) is 0 Å². The van der Waals surface area contributed by atoms with E-state index in [1.54, 1.807) is 24.3 Å². The van der Waals surface area contributed by atoms with Crippen LogP contribution in [0.4, 0.5) is 0 Å². The number of hydrogen-bond acceptors (Lipinski definition) is 3. The second kappa shape index (κ2) is 8.87. The van der Waals surface area contributed by atoms with Gasteiger partial charge in [-0.3, -0.25) is 9.78 Å². The third-order valence-corrected chi connectivity index (χ3v) is 3.84. The van der Waals surface area contributed by atoms with Gasteiger partial charge in [-0.05, 0) is 37.1 Å². The highest BCUT2D eigenvalue weighted by molar-refractivity contribution is 5.88. The van der Waals surface area contributed by atoms with Crippen molar-refractivity contribution in [2.45, 2.75) is 19.8 Å². The second-order valence-corrected chi connectivity index (χ2v) is 5.81. The number of carbonyl (C=O) groups excluding carboxylic acids is 1. The molecule has 24 heavy (non-hydrogen) atoms. The number of aromatic nitrogens is 1. The summed E-state index contributed by atoms with van der Waals surface area (Å²) < 4.78 is 5.36. The Bertz CT molecular complexity index is 696. The molecule has 4 nitrogen and oxygen atoms in total. The molecule has 0 aliphatic rings. The molecule has 0 fully saturated rings. The van der Waals surface area contributed by atoms with E-state index < -0.39 is 0 Å². The zero-order valence-electron chi connectivity index (χ0n) is 14.5. The molecule has 4 heteroatoms. The zero-order valence-corrected chi connectivity index (χ0v) is 14.5.